The van der Waals surface area contributed by atoms with Gasteiger partial charge >= 0.3 is 0 Å². The van der Waals surface area contributed by atoms with Crippen LogP contribution in [0.3, 0.4) is 0 Å². The molecule has 2 N–H and O–H groups in total. The molecule has 0 radical (unpaired) electrons. The number of carbonyl (C=O) groups is 1. The maximum Gasteiger partial charge on any atom is 0.240 e. The van der Waals surface area contributed by atoms with E-state index in [1.807, 2.05) is 74.5 Å². The van der Waals surface area contributed by atoms with Gasteiger partial charge in [-0.1, -0.05) is 44.2 Å². The SMILES string of the molecule is CCN(CC)CC(=O)N(C)c1ccc(N=C(c2ccccc2)c2c(O)[nH]c3cc(OC)c(OC)cc23)cc1. The van der Waals surface area contributed by atoms with Crippen LogP contribution < -0.4 is 14.4 Å². The van der Waals surface area contributed by atoms with Crippen LogP contribution in [0.1, 0.15) is 25.0 Å². The zero-order valence-corrected chi connectivity index (χ0v) is 22.5. The number of likely N-dealkylation sites (N-methyl/N-ethyl adjacent to an activating group) is 2. The Morgan fingerprint density at radius 3 is 2.18 bits per heavy atom. The number of aromatic hydroxyl groups is 1. The Hall–Kier alpha value is -4.30. The van der Waals surface area contributed by atoms with Gasteiger partial charge in [-0.3, -0.25) is 9.69 Å². The van der Waals surface area contributed by atoms with Crippen LogP contribution in [-0.2, 0) is 4.79 Å². The summed E-state index contributed by atoms with van der Waals surface area (Å²) in [5.74, 6) is 1.13. The molecule has 0 aliphatic carbocycles. The van der Waals surface area contributed by atoms with E-state index in [2.05, 4.69) is 9.88 Å². The van der Waals surface area contributed by atoms with Crippen molar-refractivity contribution < 1.29 is 19.4 Å². The summed E-state index contributed by atoms with van der Waals surface area (Å²) in [6, 6.07) is 20.8. The van der Waals surface area contributed by atoms with E-state index in [-0.39, 0.29) is 11.8 Å². The molecule has 0 aliphatic rings. The molecule has 0 saturated heterocycles. The zero-order chi connectivity index (χ0) is 27.2. The topological polar surface area (TPSA) is 90.4 Å². The second-order valence-corrected chi connectivity index (χ2v) is 8.86. The maximum atomic E-state index is 12.7. The van der Waals surface area contributed by atoms with Crippen LogP contribution in [0, 0.1) is 0 Å². The van der Waals surface area contributed by atoms with Crippen molar-refractivity contribution in [1.29, 1.82) is 0 Å². The molecular weight excluding hydrogens is 480 g/mol. The van der Waals surface area contributed by atoms with E-state index in [1.54, 1.807) is 32.2 Å². The van der Waals surface area contributed by atoms with Crippen LogP contribution in [0.4, 0.5) is 11.4 Å². The van der Waals surface area contributed by atoms with Crippen LogP contribution in [-0.4, -0.2) is 67.5 Å². The first-order valence-corrected chi connectivity index (χ1v) is 12.6. The van der Waals surface area contributed by atoms with Gasteiger partial charge in [-0.15, -0.1) is 0 Å². The number of aromatic nitrogens is 1. The minimum absolute atomic E-state index is 0.00346. The Kier molecular flexibility index (Phi) is 8.33. The Morgan fingerprint density at radius 2 is 1.58 bits per heavy atom. The molecule has 38 heavy (non-hydrogen) atoms. The van der Waals surface area contributed by atoms with E-state index in [1.165, 1.54) is 0 Å². The van der Waals surface area contributed by atoms with Crippen molar-refractivity contribution in [1.82, 2.24) is 9.88 Å². The van der Waals surface area contributed by atoms with Crippen molar-refractivity contribution in [2.24, 2.45) is 4.99 Å². The molecular formula is C30H34N4O4. The minimum atomic E-state index is -0.00346. The number of aromatic amines is 1. The van der Waals surface area contributed by atoms with Crippen molar-refractivity contribution in [2.45, 2.75) is 13.8 Å². The molecule has 0 bridgehead atoms. The highest BCUT2D eigenvalue weighted by Gasteiger charge is 2.21. The molecule has 1 amide bonds. The van der Waals surface area contributed by atoms with Gasteiger partial charge in [0.2, 0.25) is 5.91 Å². The number of rotatable bonds is 10. The number of aliphatic imine (C=N–C) groups is 1. The number of fused-ring (bicyclic) bond motifs is 1. The number of nitrogens with one attached hydrogen (secondary N) is 1. The van der Waals surface area contributed by atoms with Crippen molar-refractivity contribution >= 4 is 33.9 Å². The molecule has 0 spiro atoms. The Morgan fingerprint density at radius 1 is 0.947 bits per heavy atom. The highest BCUT2D eigenvalue weighted by atomic mass is 16.5. The van der Waals surface area contributed by atoms with Crippen molar-refractivity contribution in [3.63, 3.8) is 0 Å². The van der Waals surface area contributed by atoms with Crippen LogP contribution >= 0.6 is 0 Å². The molecule has 8 nitrogen and oxygen atoms in total. The highest BCUT2D eigenvalue weighted by Crippen LogP contribution is 2.38. The van der Waals surface area contributed by atoms with Gasteiger partial charge in [0.25, 0.3) is 0 Å². The van der Waals surface area contributed by atoms with E-state index in [0.717, 1.165) is 29.7 Å². The predicted molar refractivity (Wildman–Crippen MR) is 152 cm³/mol. The van der Waals surface area contributed by atoms with Gasteiger partial charge in [-0.05, 0) is 43.4 Å². The van der Waals surface area contributed by atoms with E-state index in [0.29, 0.717) is 40.5 Å². The summed E-state index contributed by atoms with van der Waals surface area (Å²) >= 11 is 0. The summed E-state index contributed by atoms with van der Waals surface area (Å²) in [6.45, 7) is 6.12. The molecule has 8 heteroatoms. The van der Waals surface area contributed by atoms with Crippen LogP contribution in [0.25, 0.3) is 10.9 Å². The quantitative estimate of drug-likeness (QED) is 0.278. The summed E-state index contributed by atoms with van der Waals surface area (Å²) in [5, 5.41) is 11.7. The van der Waals surface area contributed by atoms with Gasteiger partial charge in [-0.2, -0.15) is 0 Å². The van der Waals surface area contributed by atoms with Crippen LogP contribution in [0.5, 0.6) is 17.4 Å². The van der Waals surface area contributed by atoms with Gasteiger partial charge in [-0.25, -0.2) is 4.99 Å². The zero-order valence-electron chi connectivity index (χ0n) is 22.5. The smallest absolute Gasteiger partial charge is 0.240 e. The second-order valence-electron chi connectivity index (χ2n) is 8.86. The number of amides is 1. The molecule has 1 aromatic heterocycles. The molecule has 0 saturated carbocycles. The summed E-state index contributed by atoms with van der Waals surface area (Å²) in [6.07, 6.45) is 0. The number of anilines is 1. The number of hydrogen-bond donors (Lipinski definition) is 2. The third kappa shape index (κ3) is 5.50. The van der Waals surface area contributed by atoms with E-state index >= 15 is 0 Å². The number of nitrogens with zero attached hydrogens (tertiary/aromatic N) is 3. The number of ether oxygens (including phenoxy) is 2. The fourth-order valence-corrected chi connectivity index (χ4v) is 4.38. The second kappa shape index (κ2) is 11.8. The Labute approximate surface area is 223 Å². The Bertz CT molecular complexity index is 1420. The Balaban J connectivity index is 1.76. The minimum Gasteiger partial charge on any atom is -0.494 e. The summed E-state index contributed by atoms with van der Waals surface area (Å²) in [5.41, 5.74) is 4.17. The molecule has 0 fully saturated rings. The van der Waals surface area contributed by atoms with E-state index in [4.69, 9.17) is 14.5 Å². The monoisotopic (exact) mass is 514 g/mol. The largest absolute Gasteiger partial charge is 0.494 e. The molecule has 0 unspecified atom stereocenters. The average Bonchev–Trinajstić information content (AvgIpc) is 3.28. The third-order valence-corrected chi connectivity index (χ3v) is 6.67. The van der Waals surface area contributed by atoms with Gasteiger partial charge in [0, 0.05) is 29.8 Å². The summed E-state index contributed by atoms with van der Waals surface area (Å²) < 4.78 is 10.9. The van der Waals surface area contributed by atoms with Gasteiger partial charge in [0.05, 0.1) is 43.2 Å². The summed E-state index contributed by atoms with van der Waals surface area (Å²) in [7, 11) is 4.93. The van der Waals surface area contributed by atoms with E-state index in [9.17, 15) is 9.90 Å². The van der Waals surface area contributed by atoms with Crippen LogP contribution in [0.2, 0.25) is 0 Å². The highest BCUT2D eigenvalue weighted by molar-refractivity contribution is 6.22. The fraction of sp³-hybridized carbons (Fsp3) is 0.267. The number of H-pyrrole nitrogens is 1. The molecule has 1 heterocycles. The van der Waals surface area contributed by atoms with Gasteiger partial charge in [0.15, 0.2) is 17.4 Å². The number of benzene rings is 3. The lowest BCUT2D eigenvalue weighted by atomic mass is 10.0. The maximum absolute atomic E-state index is 12.7. The molecule has 4 aromatic rings. The van der Waals surface area contributed by atoms with Crippen LogP contribution in [0.15, 0.2) is 71.7 Å². The molecule has 0 aliphatic heterocycles. The lowest BCUT2D eigenvalue weighted by molar-refractivity contribution is -0.119. The first kappa shape index (κ1) is 26.8. The summed E-state index contributed by atoms with van der Waals surface area (Å²) in [4.78, 5) is 24.5. The number of hydrogen-bond acceptors (Lipinski definition) is 6. The number of methoxy groups -OCH3 is 2. The lowest BCUT2D eigenvalue weighted by Crippen LogP contribution is -2.38. The molecule has 3 aromatic carbocycles. The fourth-order valence-electron chi connectivity index (χ4n) is 4.38. The number of carbonyl (C=O) groups excluding carboxylic acids is 1. The van der Waals surface area contributed by atoms with Gasteiger partial charge in [0.1, 0.15) is 0 Å². The van der Waals surface area contributed by atoms with Crippen molar-refractivity contribution in [3.05, 3.63) is 77.9 Å². The molecule has 4 rings (SSSR count). The van der Waals surface area contributed by atoms with Crippen molar-refractivity contribution in [2.75, 3.05) is 45.8 Å². The first-order valence-electron chi connectivity index (χ1n) is 12.6. The molecule has 0 atom stereocenters. The predicted octanol–water partition coefficient (Wildman–Crippen LogP) is 5.36. The van der Waals surface area contributed by atoms with E-state index < -0.39 is 0 Å². The lowest BCUT2D eigenvalue weighted by Gasteiger charge is -2.23. The third-order valence-electron chi connectivity index (χ3n) is 6.67. The van der Waals surface area contributed by atoms with Crippen molar-refractivity contribution in [3.8, 4) is 17.4 Å². The standard InChI is InChI=1S/C30H34N4O4/c1-6-34(7-2)19-27(35)33(3)22-15-13-21(14-16-22)31-29(20-11-9-8-10-12-20)28-23-17-25(37-4)26(38-5)18-24(23)32-30(28)36/h8-18,32,36H,6-7,19H2,1-5H3. The van der Waals surface area contributed by atoms with Gasteiger partial charge < -0.3 is 24.5 Å². The molecule has 198 valence electrons. The first-order chi connectivity index (χ1) is 18.4. The average molecular weight is 515 g/mol. The normalized spacial score (nSPS) is 11.7.